The molecule has 0 radical (unpaired) electrons. The molecule has 0 spiro atoms. The maximum Gasteiger partial charge on any atom is 0.232 e. The smallest absolute Gasteiger partial charge is 0.232 e. The number of rotatable bonds is 5. The van der Waals surface area contributed by atoms with Crippen molar-refractivity contribution in [3.05, 3.63) is 47.9 Å². The fraction of sp³-hybridized carbons (Fsp3) is 0.231. The monoisotopic (exact) mass is 245 g/mol. The van der Waals surface area contributed by atoms with Gasteiger partial charge in [-0.25, -0.2) is 4.98 Å². The van der Waals surface area contributed by atoms with Crippen molar-refractivity contribution in [1.29, 1.82) is 0 Å². The summed E-state index contributed by atoms with van der Waals surface area (Å²) < 4.78 is 10.6. The summed E-state index contributed by atoms with van der Waals surface area (Å²) in [5, 5.41) is 0. The summed E-state index contributed by atoms with van der Waals surface area (Å²) >= 11 is 0. The van der Waals surface area contributed by atoms with Crippen molar-refractivity contribution in [2.75, 3.05) is 7.11 Å². The molecule has 5 heteroatoms. The molecule has 0 aliphatic carbocycles. The van der Waals surface area contributed by atoms with Crippen molar-refractivity contribution >= 4 is 0 Å². The summed E-state index contributed by atoms with van der Waals surface area (Å²) in [4.78, 5) is 8.21. The van der Waals surface area contributed by atoms with Gasteiger partial charge in [-0.3, -0.25) is 4.98 Å². The van der Waals surface area contributed by atoms with Crippen molar-refractivity contribution in [1.82, 2.24) is 9.97 Å². The van der Waals surface area contributed by atoms with Crippen LogP contribution in [0.4, 0.5) is 0 Å². The molecule has 94 valence electrons. The van der Waals surface area contributed by atoms with Crippen LogP contribution in [-0.4, -0.2) is 17.1 Å². The Balaban J connectivity index is 1.93. The first kappa shape index (κ1) is 12.3. The van der Waals surface area contributed by atoms with E-state index in [0.29, 0.717) is 19.0 Å². The third kappa shape index (κ3) is 3.18. The van der Waals surface area contributed by atoms with Gasteiger partial charge in [0.2, 0.25) is 5.88 Å². The van der Waals surface area contributed by atoms with Gasteiger partial charge in [0.05, 0.1) is 25.2 Å². The largest absolute Gasteiger partial charge is 0.497 e. The number of benzene rings is 1. The molecule has 0 aliphatic heterocycles. The van der Waals surface area contributed by atoms with Gasteiger partial charge in [0.25, 0.3) is 0 Å². The van der Waals surface area contributed by atoms with E-state index >= 15 is 0 Å². The van der Waals surface area contributed by atoms with Crippen molar-refractivity contribution < 1.29 is 9.47 Å². The number of methoxy groups -OCH3 is 1. The molecule has 0 atom stereocenters. The molecule has 0 saturated heterocycles. The van der Waals surface area contributed by atoms with Crippen LogP contribution in [0.2, 0.25) is 0 Å². The lowest BCUT2D eigenvalue weighted by atomic mass is 10.2. The Morgan fingerprint density at radius 2 is 1.89 bits per heavy atom. The first-order valence-electron chi connectivity index (χ1n) is 5.58. The normalized spacial score (nSPS) is 10.1. The summed E-state index contributed by atoms with van der Waals surface area (Å²) in [5.41, 5.74) is 7.22. The predicted molar refractivity (Wildman–Crippen MR) is 67.2 cm³/mol. The molecule has 0 aliphatic rings. The summed E-state index contributed by atoms with van der Waals surface area (Å²) in [6, 6.07) is 7.67. The van der Waals surface area contributed by atoms with E-state index in [1.807, 2.05) is 24.3 Å². The van der Waals surface area contributed by atoms with Crippen molar-refractivity contribution in [2.45, 2.75) is 13.2 Å². The van der Waals surface area contributed by atoms with E-state index in [0.717, 1.165) is 17.0 Å². The van der Waals surface area contributed by atoms with E-state index in [4.69, 9.17) is 15.2 Å². The molecule has 1 aromatic carbocycles. The predicted octanol–water partition coefficient (Wildman–Crippen LogP) is 1.52. The van der Waals surface area contributed by atoms with Gasteiger partial charge >= 0.3 is 0 Å². The SMILES string of the molecule is COc1ccc(COc2cnc(CN)cn2)cc1. The average Bonchev–Trinajstić information content (AvgIpc) is 2.46. The van der Waals surface area contributed by atoms with Crippen LogP contribution in [0.1, 0.15) is 11.3 Å². The average molecular weight is 245 g/mol. The van der Waals surface area contributed by atoms with Crippen molar-refractivity contribution in [3.63, 3.8) is 0 Å². The second kappa shape index (κ2) is 5.97. The highest BCUT2D eigenvalue weighted by atomic mass is 16.5. The van der Waals surface area contributed by atoms with Crippen LogP contribution < -0.4 is 15.2 Å². The Labute approximate surface area is 106 Å². The van der Waals surface area contributed by atoms with Gasteiger partial charge in [0.1, 0.15) is 12.4 Å². The third-order valence-corrected chi connectivity index (χ3v) is 2.44. The van der Waals surface area contributed by atoms with Crippen LogP contribution >= 0.6 is 0 Å². The standard InChI is InChI=1S/C13H15N3O2/c1-17-12-4-2-10(3-5-12)9-18-13-8-15-11(6-14)7-16-13/h2-5,7-8H,6,9,14H2,1H3. The van der Waals surface area contributed by atoms with E-state index in [1.54, 1.807) is 19.5 Å². The molecular formula is C13H15N3O2. The van der Waals surface area contributed by atoms with Crippen LogP contribution in [0, 0.1) is 0 Å². The van der Waals surface area contributed by atoms with Gasteiger partial charge in [0.15, 0.2) is 0 Å². The fourth-order valence-corrected chi connectivity index (χ4v) is 1.40. The molecule has 2 aromatic rings. The quantitative estimate of drug-likeness (QED) is 0.864. The molecule has 1 aromatic heterocycles. The lowest BCUT2D eigenvalue weighted by molar-refractivity contribution is 0.292. The third-order valence-electron chi connectivity index (χ3n) is 2.44. The van der Waals surface area contributed by atoms with Crippen LogP contribution in [0.5, 0.6) is 11.6 Å². The molecule has 2 N–H and O–H groups in total. The van der Waals surface area contributed by atoms with E-state index in [9.17, 15) is 0 Å². The zero-order chi connectivity index (χ0) is 12.8. The Kier molecular flexibility index (Phi) is 4.09. The van der Waals surface area contributed by atoms with E-state index in [-0.39, 0.29) is 0 Å². The van der Waals surface area contributed by atoms with Gasteiger partial charge in [-0.1, -0.05) is 12.1 Å². The van der Waals surface area contributed by atoms with Crippen molar-refractivity contribution in [3.8, 4) is 11.6 Å². The summed E-state index contributed by atoms with van der Waals surface area (Å²) in [6.45, 7) is 0.826. The zero-order valence-corrected chi connectivity index (χ0v) is 10.2. The molecule has 0 bridgehead atoms. The highest BCUT2D eigenvalue weighted by Gasteiger charge is 1.99. The highest BCUT2D eigenvalue weighted by molar-refractivity contribution is 5.27. The van der Waals surface area contributed by atoms with Crippen LogP contribution in [0.3, 0.4) is 0 Å². The first-order valence-corrected chi connectivity index (χ1v) is 5.58. The van der Waals surface area contributed by atoms with Crippen LogP contribution in [0.25, 0.3) is 0 Å². The molecule has 5 nitrogen and oxygen atoms in total. The van der Waals surface area contributed by atoms with E-state index < -0.39 is 0 Å². The number of hydrogen-bond acceptors (Lipinski definition) is 5. The minimum Gasteiger partial charge on any atom is -0.497 e. The summed E-state index contributed by atoms with van der Waals surface area (Å²) in [6.07, 6.45) is 3.19. The molecule has 0 fully saturated rings. The molecule has 0 amide bonds. The first-order chi connectivity index (χ1) is 8.81. The molecule has 0 unspecified atom stereocenters. The van der Waals surface area contributed by atoms with Gasteiger partial charge in [-0.15, -0.1) is 0 Å². The molecule has 2 rings (SSSR count). The number of aromatic nitrogens is 2. The topological polar surface area (TPSA) is 70.3 Å². The zero-order valence-electron chi connectivity index (χ0n) is 10.2. The second-order valence-corrected chi connectivity index (χ2v) is 3.69. The van der Waals surface area contributed by atoms with Gasteiger partial charge in [-0.05, 0) is 17.7 Å². The Hall–Kier alpha value is -2.14. The molecule has 1 heterocycles. The minimum absolute atomic E-state index is 0.381. The lowest BCUT2D eigenvalue weighted by Gasteiger charge is -2.06. The van der Waals surface area contributed by atoms with Gasteiger partial charge in [-0.2, -0.15) is 0 Å². The number of nitrogens with zero attached hydrogens (tertiary/aromatic N) is 2. The number of nitrogens with two attached hydrogens (primary N) is 1. The Morgan fingerprint density at radius 1 is 1.11 bits per heavy atom. The maximum atomic E-state index is 5.51. The summed E-state index contributed by atoms with van der Waals surface area (Å²) in [7, 11) is 1.64. The van der Waals surface area contributed by atoms with Gasteiger partial charge < -0.3 is 15.2 Å². The number of hydrogen-bond donors (Lipinski definition) is 1. The Bertz CT molecular complexity index is 435. The molecule has 18 heavy (non-hydrogen) atoms. The summed E-state index contributed by atoms with van der Waals surface area (Å²) in [5.74, 6) is 1.31. The van der Waals surface area contributed by atoms with Crippen molar-refractivity contribution in [2.24, 2.45) is 5.73 Å². The maximum absolute atomic E-state index is 5.51. The molecule has 0 saturated carbocycles. The second-order valence-electron chi connectivity index (χ2n) is 3.69. The van der Waals surface area contributed by atoms with Gasteiger partial charge in [0, 0.05) is 6.54 Å². The van der Waals surface area contributed by atoms with Crippen LogP contribution in [-0.2, 0) is 13.2 Å². The fourth-order valence-electron chi connectivity index (χ4n) is 1.40. The highest BCUT2D eigenvalue weighted by Crippen LogP contribution is 2.13. The van der Waals surface area contributed by atoms with E-state index in [2.05, 4.69) is 9.97 Å². The van der Waals surface area contributed by atoms with E-state index in [1.165, 1.54) is 0 Å². The number of ether oxygens (including phenoxy) is 2. The van der Waals surface area contributed by atoms with Crippen LogP contribution in [0.15, 0.2) is 36.7 Å². The molecular weight excluding hydrogens is 230 g/mol. The lowest BCUT2D eigenvalue weighted by Crippen LogP contribution is -2.02. The Morgan fingerprint density at radius 3 is 2.44 bits per heavy atom. The minimum atomic E-state index is 0.381.